The van der Waals surface area contributed by atoms with Gasteiger partial charge >= 0.3 is 5.97 Å². The molecule has 1 aliphatic rings. The zero-order valence-electron chi connectivity index (χ0n) is 9.45. The lowest BCUT2D eigenvalue weighted by Gasteiger charge is -2.23. The Morgan fingerprint density at radius 2 is 1.87 bits per heavy atom. The highest BCUT2D eigenvalue weighted by molar-refractivity contribution is 5.77. The highest BCUT2D eigenvalue weighted by Gasteiger charge is 2.29. The van der Waals surface area contributed by atoms with E-state index >= 15 is 0 Å². The van der Waals surface area contributed by atoms with Crippen LogP contribution < -0.4 is 0 Å². The molecule has 2 heteroatoms. The molecule has 1 atom stereocenters. The zero-order valence-corrected chi connectivity index (χ0v) is 9.45. The molecule has 2 nitrogen and oxygen atoms in total. The Hall–Kier alpha value is -1.05. The van der Waals surface area contributed by atoms with Crippen molar-refractivity contribution < 1.29 is 9.53 Å². The second-order valence-corrected chi connectivity index (χ2v) is 3.83. The first-order valence-electron chi connectivity index (χ1n) is 5.81. The predicted octanol–water partition coefficient (Wildman–Crippen LogP) is 3.24. The summed E-state index contributed by atoms with van der Waals surface area (Å²) in [5.41, 5.74) is 0. The highest BCUT2D eigenvalue weighted by Crippen LogP contribution is 2.18. The Bertz CT molecular complexity index is 241. The van der Waals surface area contributed by atoms with Gasteiger partial charge in [-0.05, 0) is 32.1 Å². The monoisotopic (exact) mass is 208 g/mol. The van der Waals surface area contributed by atoms with Crippen LogP contribution in [0.25, 0.3) is 0 Å². The van der Waals surface area contributed by atoms with Crippen molar-refractivity contribution in [3.8, 4) is 0 Å². The molecule has 0 bridgehead atoms. The average molecular weight is 208 g/mol. The first kappa shape index (κ1) is 12.0. The summed E-state index contributed by atoms with van der Waals surface area (Å²) in [5, 5.41) is 0. The summed E-state index contributed by atoms with van der Waals surface area (Å²) in [4.78, 5) is 10.8. The van der Waals surface area contributed by atoms with Gasteiger partial charge in [0.2, 0.25) is 0 Å². The lowest BCUT2D eigenvalue weighted by molar-refractivity contribution is -0.168. The van der Waals surface area contributed by atoms with Crippen LogP contribution in [0, 0.1) is 5.92 Å². The minimum atomic E-state index is -0.0192. The van der Waals surface area contributed by atoms with Crippen LogP contribution in [0.15, 0.2) is 24.3 Å². The van der Waals surface area contributed by atoms with Crippen molar-refractivity contribution in [2.45, 2.75) is 39.0 Å². The molecule has 0 N–H and O–H groups in total. The third kappa shape index (κ3) is 4.82. The topological polar surface area (TPSA) is 26.3 Å². The number of carbonyl (C=O) groups excluding carboxylic acids is 1. The fraction of sp³-hybridized carbons (Fsp3) is 0.615. The van der Waals surface area contributed by atoms with E-state index in [2.05, 4.69) is 31.2 Å². The molecule has 84 valence electrons. The van der Waals surface area contributed by atoms with Gasteiger partial charge in [-0.25, -0.2) is 0 Å². The third-order valence-electron chi connectivity index (χ3n) is 2.51. The summed E-state index contributed by atoms with van der Waals surface area (Å²) < 4.78 is 4.69. The second kappa shape index (κ2) is 7.27. The van der Waals surface area contributed by atoms with Crippen LogP contribution in [0.2, 0.25) is 0 Å². The van der Waals surface area contributed by atoms with E-state index in [1.807, 2.05) is 0 Å². The lowest BCUT2D eigenvalue weighted by Crippen LogP contribution is -2.34. The van der Waals surface area contributed by atoms with Crippen molar-refractivity contribution >= 4 is 5.97 Å². The molecule has 0 aromatic heterocycles. The van der Waals surface area contributed by atoms with Gasteiger partial charge in [-0.1, -0.05) is 31.2 Å². The molecule has 0 saturated carbocycles. The van der Waals surface area contributed by atoms with Gasteiger partial charge in [-0.3, -0.25) is 4.79 Å². The Balaban J connectivity index is 1.92. The summed E-state index contributed by atoms with van der Waals surface area (Å²) in [5.74, 6) is 0.156. The van der Waals surface area contributed by atoms with Gasteiger partial charge in [0.1, 0.15) is 6.61 Å². The van der Waals surface area contributed by atoms with E-state index < -0.39 is 0 Å². The van der Waals surface area contributed by atoms with Crippen LogP contribution in [0.1, 0.15) is 39.0 Å². The van der Waals surface area contributed by atoms with Crippen LogP contribution in [-0.2, 0) is 9.53 Å². The molecule has 0 aromatic carbocycles. The standard InChI is InChI=1S/C13H20O2/c1-2-3-4-5-6-7-8-9-10-12-11-15-13(12)14/h3-4,7-8,12H,2,5-6,9-11H2,1H3/b4-3+,8-7+/t12-/m1/s1. The van der Waals surface area contributed by atoms with Crippen molar-refractivity contribution in [2.24, 2.45) is 5.92 Å². The Morgan fingerprint density at radius 3 is 2.40 bits per heavy atom. The van der Waals surface area contributed by atoms with Crippen molar-refractivity contribution in [1.29, 1.82) is 0 Å². The molecule has 1 saturated heterocycles. The lowest BCUT2D eigenvalue weighted by atomic mass is 10.0. The molecule has 1 heterocycles. The number of rotatable bonds is 7. The van der Waals surface area contributed by atoms with E-state index in [-0.39, 0.29) is 11.9 Å². The molecule has 0 radical (unpaired) electrons. The Kier molecular flexibility index (Phi) is 5.83. The molecule has 0 amide bonds. The van der Waals surface area contributed by atoms with Gasteiger partial charge < -0.3 is 4.74 Å². The van der Waals surface area contributed by atoms with Gasteiger partial charge in [0, 0.05) is 0 Å². The normalized spacial score (nSPS) is 20.9. The SMILES string of the molecule is CC/C=C/CC/C=C/CC[C@@H]1COC1=O. The highest BCUT2D eigenvalue weighted by atomic mass is 16.6. The molecule has 0 unspecified atom stereocenters. The minimum absolute atomic E-state index is 0.0192. The van der Waals surface area contributed by atoms with Gasteiger partial charge in [0.05, 0.1) is 5.92 Å². The van der Waals surface area contributed by atoms with E-state index in [9.17, 15) is 4.79 Å². The number of hydrogen-bond donors (Lipinski definition) is 0. The van der Waals surface area contributed by atoms with E-state index in [0.717, 1.165) is 32.1 Å². The van der Waals surface area contributed by atoms with Gasteiger partial charge in [-0.2, -0.15) is 0 Å². The number of allylic oxidation sites excluding steroid dienone is 4. The zero-order chi connectivity index (χ0) is 10.9. The molecule has 0 spiro atoms. The smallest absolute Gasteiger partial charge is 0.312 e. The molecule has 0 aromatic rings. The van der Waals surface area contributed by atoms with E-state index in [1.54, 1.807) is 0 Å². The van der Waals surface area contributed by atoms with Crippen LogP contribution >= 0.6 is 0 Å². The number of carbonyl (C=O) groups is 1. The summed E-state index contributed by atoms with van der Waals surface area (Å²) >= 11 is 0. The number of cyclic esters (lactones) is 1. The third-order valence-corrected chi connectivity index (χ3v) is 2.51. The largest absolute Gasteiger partial charge is 0.464 e. The minimum Gasteiger partial charge on any atom is -0.464 e. The fourth-order valence-electron chi connectivity index (χ4n) is 1.48. The predicted molar refractivity (Wildman–Crippen MR) is 61.5 cm³/mol. The number of unbranched alkanes of at least 4 members (excludes halogenated alkanes) is 1. The van der Waals surface area contributed by atoms with Crippen molar-refractivity contribution in [1.82, 2.24) is 0 Å². The van der Waals surface area contributed by atoms with E-state index in [1.165, 1.54) is 0 Å². The van der Waals surface area contributed by atoms with Gasteiger partial charge in [-0.15, -0.1) is 0 Å². The van der Waals surface area contributed by atoms with Crippen molar-refractivity contribution in [3.63, 3.8) is 0 Å². The maximum atomic E-state index is 10.8. The summed E-state index contributed by atoms with van der Waals surface area (Å²) in [7, 11) is 0. The van der Waals surface area contributed by atoms with Crippen LogP contribution in [-0.4, -0.2) is 12.6 Å². The van der Waals surface area contributed by atoms with Gasteiger partial charge in [0.25, 0.3) is 0 Å². The Labute approximate surface area is 92.0 Å². The summed E-state index contributed by atoms with van der Waals surface area (Å²) in [6, 6.07) is 0. The second-order valence-electron chi connectivity index (χ2n) is 3.83. The van der Waals surface area contributed by atoms with E-state index in [0.29, 0.717) is 6.61 Å². The Morgan fingerprint density at radius 1 is 1.20 bits per heavy atom. The molecule has 15 heavy (non-hydrogen) atoms. The molecule has 1 aliphatic heterocycles. The van der Waals surface area contributed by atoms with Gasteiger partial charge in [0.15, 0.2) is 0 Å². The number of hydrogen-bond acceptors (Lipinski definition) is 2. The summed E-state index contributed by atoms with van der Waals surface area (Å²) in [6.45, 7) is 2.77. The average Bonchev–Trinajstić information content (AvgIpc) is 2.25. The molecule has 0 aliphatic carbocycles. The molecule has 1 rings (SSSR count). The number of ether oxygens (including phenoxy) is 1. The first-order valence-corrected chi connectivity index (χ1v) is 5.81. The van der Waals surface area contributed by atoms with Crippen LogP contribution in [0.4, 0.5) is 0 Å². The van der Waals surface area contributed by atoms with Crippen LogP contribution in [0.5, 0.6) is 0 Å². The van der Waals surface area contributed by atoms with Crippen LogP contribution in [0.3, 0.4) is 0 Å². The number of esters is 1. The molecular formula is C13H20O2. The van der Waals surface area contributed by atoms with Crippen molar-refractivity contribution in [2.75, 3.05) is 6.61 Å². The first-order chi connectivity index (χ1) is 7.34. The summed E-state index contributed by atoms with van der Waals surface area (Å²) in [6.07, 6.45) is 14.1. The van der Waals surface area contributed by atoms with Crippen molar-refractivity contribution in [3.05, 3.63) is 24.3 Å². The molecule has 1 fully saturated rings. The maximum Gasteiger partial charge on any atom is 0.312 e. The maximum absolute atomic E-state index is 10.8. The quantitative estimate of drug-likeness (QED) is 0.365. The van der Waals surface area contributed by atoms with E-state index in [4.69, 9.17) is 4.74 Å². The molecular weight excluding hydrogens is 188 g/mol. The fourth-order valence-corrected chi connectivity index (χ4v) is 1.48.